The van der Waals surface area contributed by atoms with Crippen molar-refractivity contribution in [3.05, 3.63) is 23.8 Å². The molecule has 0 spiro atoms. The first-order valence-electron chi connectivity index (χ1n) is 6.89. The third-order valence-electron chi connectivity index (χ3n) is 3.11. The SMILES string of the molecule is CCCC(C)C(O)c1ccc(OC(F)F)c(OCC)c1. The molecule has 3 nitrogen and oxygen atoms in total. The van der Waals surface area contributed by atoms with Crippen LogP contribution in [0.3, 0.4) is 0 Å². The van der Waals surface area contributed by atoms with Crippen molar-refractivity contribution >= 4 is 0 Å². The van der Waals surface area contributed by atoms with E-state index in [1.54, 1.807) is 19.1 Å². The molecule has 2 unspecified atom stereocenters. The summed E-state index contributed by atoms with van der Waals surface area (Å²) in [6.45, 7) is 3.20. The van der Waals surface area contributed by atoms with Crippen LogP contribution in [0.15, 0.2) is 18.2 Å². The summed E-state index contributed by atoms with van der Waals surface area (Å²) < 4.78 is 34.3. The van der Waals surface area contributed by atoms with Crippen LogP contribution in [0.5, 0.6) is 11.5 Å². The van der Waals surface area contributed by atoms with Gasteiger partial charge in [-0.25, -0.2) is 0 Å². The summed E-state index contributed by atoms with van der Waals surface area (Å²) in [5, 5.41) is 10.2. The van der Waals surface area contributed by atoms with E-state index >= 15 is 0 Å². The summed E-state index contributed by atoms with van der Waals surface area (Å²) >= 11 is 0. The van der Waals surface area contributed by atoms with Gasteiger partial charge < -0.3 is 14.6 Å². The molecule has 0 aliphatic rings. The molecule has 1 aromatic carbocycles. The van der Waals surface area contributed by atoms with Gasteiger partial charge >= 0.3 is 6.61 Å². The molecule has 0 saturated heterocycles. The van der Waals surface area contributed by atoms with E-state index in [9.17, 15) is 13.9 Å². The summed E-state index contributed by atoms with van der Waals surface area (Å²) in [7, 11) is 0. The number of halogens is 2. The summed E-state index contributed by atoms with van der Waals surface area (Å²) in [6, 6.07) is 4.57. The zero-order chi connectivity index (χ0) is 15.1. The van der Waals surface area contributed by atoms with Gasteiger partial charge in [-0.1, -0.05) is 26.3 Å². The molecule has 114 valence electrons. The van der Waals surface area contributed by atoms with Crippen molar-refractivity contribution in [2.75, 3.05) is 6.61 Å². The molecule has 1 N–H and O–H groups in total. The lowest BCUT2D eigenvalue weighted by atomic mass is 9.93. The van der Waals surface area contributed by atoms with Crippen LogP contribution in [0, 0.1) is 5.92 Å². The second-order valence-corrected chi connectivity index (χ2v) is 4.73. The molecule has 0 saturated carbocycles. The zero-order valence-electron chi connectivity index (χ0n) is 12.1. The molecule has 0 amide bonds. The van der Waals surface area contributed by atoms with Crippen LogP contribution in [0.25, 0.3) is 0 Å². The van der Waals surface area contributed by atoms with Crippen molar-refractivity contribution in [2.24, 2.45) is 5.92 Å². The van der Waals surface area contributed by atoms with Crippen molar-refractivity contribution in [3.8, 4) is 11.5 Å². The fourth-order valence-corrected chi connectivity index (χ4v) is 2.11. The molecule has 0 aliphatic heterocycles. The number of hydrogen-bond donors (Lipinski definition) is 1. The van der Waals surface area contributed by atoms with Gasteiger partial charge in [-0.05, 0) is 37.0 Å². The van der Waals surface area contributed by atoms with Crippen LogP contribution >= 0.6 is 0 Å². The molecule has 20 heavy (non-hydrogen) atoms. The van der Waals surface area contributed by atoms with Crippen LogP contribution in [0.4, 0.5) is 8.78 Å². The Morgan fingerprint density at radius 3 is 2.45 bits per heavy atom. The number of benzene rings is 1. The Balaban J connectivity index is 2.96. The first kappa shape index (κ1) is 16.7. The molecule has 2 atom stereocenters. The minimum absolute atomic E-state index is 0.0130. The predicted molar refractivity (Wildman–Crippen MR) is 73.3 cm³/mol. The van der Waals surface area contributed by atoms with Crippen molar-refractivity contribution in [2.45, 2.75) is 46.3 Å². The van der Waals surface area contributed by atoms with Crippen molar-refractivity contribution in [1.82, 2.24) is 0 Å². The fourth-order valence-electron chi connectivity index (χ4n) is 2.11. The highest BCUT2D eigenvalue weighted by Crippen LogP contribution is 2.34. The Labute approximate surface area is 118 Å². The van der Waals surface area contributed by atoms with Gasteiger partial charge in [-0.2, -0.15) is 8.78 Å². The highest BCUT2D eigenvalue weighted by atomic mass is 19.3. The normalized spacial score (nSPS) is 14.2. The largest absolute Gasteiger partial charge is 0.490 e. The minimum atomic E-state index is -2.90. The van der Waals surface area contributed by atoms with E-state index in [2.05, 4.69) is 11.7 Å². The Bertz CT molecular complexity index is 410. The second kappa shape index (κ2) is 8.04. The summed E-state index contributed by atoms with van der Waals surface area (Å²) in [5.41, 5.74) is 0.649. The van der Waals surface area contributed by atoms with Gasteiger partial charge in [0.15, 0.2) is 11.5 Å². The molecule has 0 radical (unpaired) electrons. The number of hydrogen-bond acceptors (Lipinski definition) is 3. The smallest absolute Gasteiger partial charge is 0.387 e. The van der Waals surface area contributed by atoms with Gasteiger partial charge in [0.1, 0.15) is 0 Å². The quantitative estimate of drug-likeness (QED) is 0.780. The van der Waals surface area contributed by atoms with Crippen molar-refractivity contribution < 1.29 is 23.4 Å². The molecular formula is C15H22F2O3. The predicted octanol–water partition coefficient (Wildman–Crippen LogP) is 4.16. The topological polar surface area (TPSA) is 38.7 Å². The monoisotopic (exact) mass is 288 g/mol. The maximum atomic E-state index is 12.3. The van der Waals surface area contributed by atoms with Gasteiger partial charge in [-0.15, -0.1) is 0 Å². The van der Waals surface area contributed by atoms with Gasteiger partial charge in [0.05, 0.1) is 12.7 Å². The minimum Gasteiger partial charge on any atom is -0.490 e. The molecule has 0 bridgehead atoms. The Morgan fingerprint density at radius 2 is 1.90 bits per heavy atom. The first-order chi connectivity index (χ1) is 9.49. The van der Waals surface area contributed by atoms with Gasteiger partial charge in [0, 0.05) is 0 Å². The average molecular weight is 288 g/mol. The van der Waals surface area contributed by atoms with Gasteiger partial charge in [0.2, 0.25) is 0 Å². The average Bonchev–Trinajstić information content (AvgIpc) is 2.40. The van der Waals surface area contributed by atoms with Crippen LogP contribution in [-0.4, -0.2) is 18.3 Å². The van der Waals surface area contributed by atoms with E-state index in [1.807, 2.05) is 6.92 Å². The molecule has 1 rings (SSSR count). The molecule has 0 aromatic heterocycles. The maximum Gasteiger partial charge on any atom is 0.387 e. The lowest BCUT2D eigenvalue weighted by Gasteiger charge is -2.20. The maximum absolute atomic E-state index is 12.3. The molecule has 5 heteroatoms. The first-order valence-corrected chi connectivity index (χ1v) is 6.89. The summed E-state index contributed by atoms with van der Waals surface area (Å²) in [4.78, 5) is 0. The van der Waals surface area contributed by atoms with Crippen LogP contribution in [0.1, 0.15) is 45.3 Å². The van der Waals surface area contributed by atoms with E-state index in [0.717, 1.165) is 12.8 Å². The molecule has 0 heterocycles. The Hall–Kier alpha value is -1.36. The molecule has 1 aromatic rings. The second-order valence-electron chi connectivity index (χ2n) is 4.73. The third-order valence-corrected chi connectivity index (χ3v) is 3.11. The highest BCUT2D eigenvalue weighted by Gasteiger charge is 2.19. The van der Waals surface area contributed by atoms with Crippen molar-refractivity contribution in [1.29, 1.82) is 0 Å². The number of rotatable bonds is 8. The summed E-state index contributed by atoms with van der Waals surface area (Å²) in [6.07, 6.45) is 1.22. The van der Waals surface area contributed by atoms with E-state index < -0.39 is 12.7 Å². The fraction of sp³-hybridized carbons (Fsp3) is 0.600. The Kier molecular flexibility index (Phi) is 6.71. The molecule has 0 aliphatic carbocycles. The standard InChI is InChI=1S/C15H22F2O3/c1-4-6-10(3)14(18)11-7-8-12(20-15(16)17)13(9-11)19-5-2/h7-10,14-15,18H,4-6H2,1-3H3. The van der Waals surface area contributed by atoms with Crippen LogP contribution in [-0.2, 0) is 0 Å². The molecular weight excluding hydrogens is 266 g/mol. The van der Waals surface area contributed by atoms with E-state index in [1.165, 1.54) is 6.07 Å². The number of alkyl halides is 2. The van der Waals surface area contributed by atoms with E-state index in [-0.39, 0.29) is 17.4 Å². The van der Waals surface area contributed by atoms with Gasteiger partial charge in [-0.3, -0.25) is 0 Å². The van der Waals surface area contributed by atoms with Crippen LogP contribution < -0.4 is 9.47 Å². The lowest BCUT2D eigenvalue weighted by molar-refractivity contribution is -0.0514. The Morgan fingerprint density at radius 1 is 1.20 bits per heavy atom. The number of aliphatic hydroxyl groups is 1. The van der Waals surface area contributed by atoms with E-state index in [4.69, 9.17) is 4.74 Å². The third kappa shape index (κ3) is 4.63. The van der Waals surface area contributed by atoms with Gasteiger partial charge in [0.25, 0.3) is 0 Å². The highest BCUT2D eigenvalue weighted by molar-refractivity contribution is 5.43. The summed E-state index contributed by atoms with van der Waals surface area (Å²) in [5.74, 6) is 0.310. The lowest BCUT2D eigenvalue weighted by Crippen LogP contribution is -2.10. The molecule has 0 fully saturated rings. The number of aliphatic hydroxyl groups excluding tert-OH is 1. The van der Waals surface area contributed by atoms with Crippen LogP contribution in [0.2, 0.25) is 0 Å². The number of ether oxygens (including phenoxy) is 2. The van der Waals surface area contributed by atoms with E-state index in [0.29, 0.717) is 12.2 Å². The van der Waals surface area contributed by atoms with Crippen molar-refractivity contribution in [3.63, 3.8) is 0 Å². The zero-order valence-corrected chi connectivity index (χ0v) is 12.1.